The summed E-state index contributed by atoms with van der Waals surface area (Å²) in [6.07, 6.45) is 8.91. The van der Waals surface area contributed by atoms with E-state index in [-0.39, 0.29) is 21.6 Å². The van der Waals surface area contributed by atoms with E-state index in [2.05, 4.69) is 15.2 Å². The van der Waals surface area contributed by atoms with Gasteiger partial charge in [-0.05, 0) is 82.4 Å². The molecule has 4 aliphatic carbocycles. The molecule has 1 aromatic heterocycles. The molecule has 0 spiro atoms. The van der Waals surface area contributed by atoms with Crippen LogP contribution in [0.15, 0.2) is 28.3 Å². The van der Waals surface area contributed by atoms with Crippen LogP contribution in [0.3, 0.4) is 0 Å². The number of hydrogen-bond acceptors (Lipinski definition) is 6. The third kappa shape index (κ3) is 4.45. The molecule has 1 saturated heterocycles. The number of rotatable bonds is 6. The summed E-state index contributed by atoms with van der Waals surface area (Å²) in [5.74, 6) is 2.45. The summed E-state index contributed by atoms with van der Waals surface area (Å²) in [4.78, 5) is 19.7. The largest absolute Gasteiger partial charge is 0.350 e. The Balaban J connectivity index is 1.19. The topological polar surface area (TPSA) is 82.6 Å². The zero-order chi connectivity index (χ0) is 22.5. The standard InChI is InChI=1S/C23H34N4O3S2/c1-16(22(28)25-23-12-17-9-18(13-23)11-19(10-17)14-23)31-21-4-3-20(15-24-21)32(29,30)27-7-5-26(2)6-8-27/h3-4,15-19H,5-14H2,1-2H3,(H,25,28)/t16-,17?,18?,19?,23?/m0/s1. The minimum absolute atomic E-state index is 0.00846. The van der Waals surface area contributed by atoms with Crippen LogP contribution in [0.4, 0.5) is 0 Å². The fourth-order valence-electron chi connectivity index (χ4n) is 6.63. The second kappa shape index (κ2) is 8.56. The molecule has 2 heterocycles. The van der Waals surface area contributed by atoms with Crippen LogP contribution < -0.4 is 5.32 Å². The molecule has 0 radical (unpaired) electrons. The van der Waals surface area contributed by atoms with E-state index in [0.717, 1.165) is 50.1 Å². The van der Waals surface area contributed by atoms with Gasteiger partial charge in [-0.1, -0.05) is 11.8 Å². The monoisotopic (exact) mass is 478 g/mol. The predicted octanol–water partition coefficient (Wildman–Crippen LogP) is 2.58. The Bertz CT molecular complexity index is 923. The van der Waals surface area contributed by atoms with Crippen molar-refractivity contribution in [2.24, 2.45) is 17.8 Å². The van der Waals surface area contributed by atoms with E-state index in [1.165, 1.54) is 41.5 Å². The molecule has 1 N–H and O–H groups in total. The first-order chi connectivity index (χ1) is 15.2. The highest BCUT2D eigenvalue weighted by atomic mass is 32.2. The zero-order valence-corrected chi connectivity index (χ0v) is 20.6. The molecule has 0 aromatic carbocycles. The zero-order valence-electron chi connectivity index (χ0n) is 19.0. The SMILES string of the molecule is C[C@H](Sc1ccc(S(=O)(=O)N2CCN(C)CC2)cn1)C(=O)NC12CC3CC(CC(C3)C1)C2. The van der Waals surface area contributed by atoms with Gasteiger partial charge in [0.1, 0.15) is 4.90 Å². The highest BCUT2D eigenvalue weighted by Gasteiger charge is 2.51. The Morgan fingerprint density at radius 3 is 2.22 bits per heavy atom. The van der Waals surface area contributed by atoms with Crippen molar-refractivity contribution in [3.63, 3.8) is 0 Å². The molecule has 32 heavy (non-hydrogen) atoms. The van der Waals surface area contributed by atoms with Gasteiger partial charge in [-0.25, -0.2) is 13.4 Å². The Labute approximate surface area is 195 Å². The second-order valence-electron chi connectivity index (χ2n) is 10.5. The fraction of sp³-hybridized carbons (Fsp3) is 0.739. The van der Waals surface area contributed by atoms with Crippen molar-refractivity contribution in [3.05, 3.63) is 18.3 Å². The maximum Gasteiger partial charge on any atom is 0.244 e. The van der Waals surface area contributed by atoms with E-state index in [1.807, 2.05) is 14.0 Å². The maximum atomic E-state index is 13.0. The third-order valence-electron chi connectivity index (χ3n) is 7.90. The first kappa shape index (κ1) is 22.6. The average Bonchev–Trinajstić information content (AvgIpc) is 2.73. The summed E-state index contributed by atoms with van der Waals surface area (Å²) < 4.78 is 27.3. The molecule has 5 fully saturated rings. The number of carbonyl (C=O) groups excluding carboxylic acids is 1. The van der Waals surface area contributed by atoms with Gasteiger partial charge in [0.15, 0.2) is 0 Å². The van der Waals surface area contributed by atoms with Crippen LogP contribution in [0, 0.1) is 17.8 Å². The van der Waals surface area contributed by atoms with Crippen LogP contribution in [-0.2, 0) is 14.8 Å². The number of likely N-dealkylation sites (N-methyl/N-ethyl adjacent to an activating group) is 1. The summed E-state index contributed by atoms with van der Waals surface area (Å²) in [6, 6.07) is 3.34. The summed E-state index contributed by atoms with van der Waals surface area (Å²) in [5, 5.41) is 3.84. The fourth-order valence-corrected chi connectivity index (χ4v) is 8.78. The van der Waals surface area contributed by atoms with Gasteiger partial charge in [-0.3, -0.25) is 4.79 Å². The van der Waals surface area contributed by atoms with Crippen molar-refractivity contribution in [1.82, 2.24) is 19.5 Å². The second-order valence-corrected chi connectivity index (χ2v) is 13.8. The van der Waals surface area contributed by atoms with Crippen molar-refractivity contribution in [2.45, 2.75) is 66.2 Å². The Hall–Kier alpha value is -1.16. The van der Waals surface area contributed by atoms with Crippen LogP contribution in [0.25, 0.3) is 0 Å². The smallest absolute Gasteiger partial charge is 0.244 e. The van der Waals surface area contributed by atoms with E-state index in [0.29, 0.717) is 18.1 Å². The first-order valence-electron chi connectivity index (χ1n) is 11.9. The molecule has 1 amide bonds. The number of nitrogens with zero attached hydrogens (tertiary/aromatic N) is 3. The Kier molecular flexibility index (Phi) is 6.05. The first-order valence-corrected chi connectivity index (χ1v) is 14.2. The van der Waals surface area contributed by atoms with Crippen LogP contribution >= 0.6 is 11.8 Å². The number of amides is 1. The number of aromatic nitrogens is 1. The van der Waals surface area contributed by atoms with E-state index in [9.17, 15) is 13.2 Å². The third-order valence-corrected chi connectivity index (χ3v) is 10.8. The molecule has 1 aliphatic heterocycles. The molecule has 4 saturated carbocycles. The molecule has 0 unspecified atom stereocenters. The number of sulfonamides is 1. The molecule has 6 rings (SSSR count). The number of pyridine rings is 1. The quantitative estimate of drug-likeness (QED) is 0.633. The molecule has 176 valence electrons. The van der Waals surface area contributed by atoms with E-state index in [4.69, 9.17) is 0 Å². The number of nitrogens with one attached hydrogen (secondary N) is 1. The van der Waals surface area contributed by atoms with Gasteiger partial charge in [0.25, 0.3) is 0 Å². The minimum Gasteiger partial charge on any atom is -0.350 e. The van der Waals surface area contributed by atoms with Crippen molar-refractivity contribution in [1.29, 1.82) is 0 Å². The normalized spacial score (nSPS) is 33.9. The molecule has 4 bridgehead atoms. The van der Waals surface area contributed by atoms with E-state index >= 15 is 0 Å². The number of hydrogen-bond donors (Lipinski definition) is 1. The molecule has 5 aliphatic rings. The Morgan fingerprint density at radius 2 is 1.69 bits per heavy atom. The van der Waals surface area contributed by atoms with Gasteiger partial charge in [0.2, 0.25) is 15.9 Å². The highest BCUT2D eigenvalue weighted by molar-refractivity contribution is 8.00. The van der Waals surface area contributed by atoms with Crippen molar-refractivity contribution in [3.8, 4) is 0 Å². The highest BCUT2D eigenvalue weighted by Crippen LogP contribution is 2.55. The predicted molar refractivity (Wildman–Crippen MR) is 125 cm³/mol. The average molecular weight is 479 g/mol. The summed E-state index contributed by atoms with van der Waals surface area (Å²) in [5.41, 5.74) is 0.00846. The van der Waals surface area contributed by atoms with Crippen LogP contribution in [-0.4, -0.2) is 72.5 Å². The van der Waals surface area contributed by atoms with E-state index < -0.39 is 10.0 Å². The van der Waals surface area contributed by atoms with Gasteiger partial charge in [-0.2, -0.15) is 4.31 Å². The molecular formula is C23H34N4O3S2. The van der Waals surface area contributed by atoms with Crippen molar-refractivity contribution >= 4 is 27.7 Å². The lowest BCUT2D eigenvalue weighted by Crippen LogP contribution is -2.60. The lowest BCUT2D eigenvalue weighted by molar-refractivity contribution is -0.126. The van der Waals surface area contributed by atoms with E-state index in [1.54, 1.807) is 12.1 Å². The lowest BCUT2D eigenvalue weighted by Gasteiger charge is -2.57. The molecule has 1 aromatic rings. The van der Waals surface area contributed by atoms with Crippen molar-refractivity contribution in [2.75, 3.05) is 33.2 Å². The molecular weight excluding hydrogens is 444 g/mol. The Morgan fingerprint density at radius 1 is 1.09 bits per heavy atom. The minimum atomic E-state index is -3.52. The number of piperazine rings is 1. The lowest BCUT2D eigenvalue weighted by atomic mass is 9.53. The van der Waals surface area contributed by atoms with Crippen LogP contribution in [0.1, 0.15) is 45.4 Å². The molecule has 7 nitrogen and oxygen atoms in total. The van der Waals surface area contributed by atoms with Crippen LogP contribution in [0.2, 0.25) is 0 Å². The molecule has 1 atom stereocenters. The summed E-state index contributed by atoms with van der Waals surface area (Å²) >= 11 is 1.40. The summed E-state index contributed by atoms with van der Waals surface area (Å²) in [7, 11) is -1.52. The van der Waals surface area contributed by atoms with Gasteiger partial charge in [0, 0.05) is 37.9 Å². The number of carbonyl (C=O) groups is 1. The van der Waals surface area contributed by atoms with Gasteiger partial charge in [0.05, 0.1) is 10.3 Å². The van der Waals surface area contributed by atoms with Crippen LogP contribution in [0.5, 0.6) is 0 Å². The maximum absolute atomic E-state index is 13.0. The van der Waals surface area contributed by atoms with Gasteiger partial charge < -0.3 is 10.2 Å². The van der Waals surface area contributed by atoms with Crippen molar-refractivity contribution < 1.29 is 13.2 Å². The number of thioether (sulfide) groups is 1. The molecule has 9 heteroatoms. The van der Waals surface area contributed by atoms with Gasteiger partial charge >= 0.3 is 0 Å². The summed E-state index contributed by atoms with van der Waals surface area (Å²) in [6.45, 7) is 4.37. The van der Waals surface area contributed by atoms with Gasteiger partial charge in [-0.15, -0.1) is 0 Å².